The van der Waals surface area contributed by atoms with Crippen molar-refractivity contribution in [3.63, 3.8) is 0 Å². The van der Waals surface area contributed by atoms with E-state index in [4.69, 9.17) is 14.2 Å². The molecule has 164 valence electrons. The molecule has 3 rings (SSSR count). The van der Waals surface area contributed by atoms with E-state index in [9.17, 15) is 22.8 Å². The lowest BCUT2D eigenvalue weighted by molar-refractivity contribution is -0.141. The Morgan fingerprint density at radius 1 is 1.06 bits per heavy atom. The smallest absolute Gasteiger partial charge is 0.416 e. The van der Waals surface area contributed by atoms with Crippen LogP contribution in [-0.4, -0.2) is 37.8 Å². The lowest BCUT2D eigenvalue weighted by atomic mass is 10.1. The largest absolute Gasteiger partial charge is 0.493 e. The summed E-state index contributed by atoms with van der Waals surface area (Å²) in [6.45, 7) is -0.263. The van der Waals surface area contributed by atoms with E-state index in [1.165, 1.54) is 32.0 Å². The number of benzene rings is 2. The van der Waals surface area contributed by atoms with E-state index < -0.39 is 23.6 Å². The first kappa shape index (κ1) is 22.3. The van der Waals surface area contributed by atoms with E-state index in [2.05, 4.69) is 4.99 Å². The summed E-state index contributed by atoms with van der Waals surface area (Å²) in [6, 6.07) is 7.24. The molecule has 0 aliphatic rings. The summed E-state index contributed by atoms with van der Waals surface area (Å²) < 4.78 is 56.2. The zero-order valence-electron chi connectivity index (χ0n) is 16.6. The highest BCUT2D eigenvalue weighted by Gasteiger charge is 2.31. The maximum Gasteiger partial charge on any atom is 0.416 e. The van der Waals surface area contributed by atoms with Crippen LogP contribution in [0, 0.1) is 0 Å². The summed E-state index contributed by atoms with van der Waals surface area (Å²) in [6.07, 6.45) is -4.59. The van der Waals surface area contributed by atoms with Crippen LogP contribution in [0.15, 0.2) is 41.4 Å². The van der Waals surface area contributed by atoms with Gasteiger partial charge in [0.25, 0.3) is 5.91 Å². The van der Waals surface area contributed by atoms with Crippen LogP contribution in [-0.2, 0) is 22.3 Å². The van der Waals surface area contributed by atoms with Gasteiger partial charge in [0.2, 0.25) is 0 Å². The van der Waals surface area contributed by atoms with Gasteiger partial charge >= 0.3 is 12.1 Å². The van der Waals surface area contributed by atoms with Gasteiger partial charge in [0.05, 0.1) is 37.1 Å². The fourth-order valence-electron chi connectivity index (χ4n) is 2.81. The van der Waals surface area contributed by atoms with E-state index >= 15 is 0 Å². The van der Waals surface area contributed by atoms with Crippen molar-refractivity contribution in [2.45, 2.75) is 12.7 Å². The van der Waals surface area contributed by atoms with Gasteiger partial charge in [0, 0.05) is 17.7 Å². The number of ether oxygens (including phenoxy) is 3. The summed E-state index contributed by atoms with van der Waals surface area (Å²) in [5, 5.41) is 0. The van der Waals surface area contributed by atoms with Gasteiger partial charge in [-0.05, 0) is 18.2 Å². The minimum absolute atomic E-state index is 0.109. The van der Waals surface area contributed by atoms with E-state index in [-0.39, 0.29) is 16.9 Å². The van der Waals surface area contributed by atoms with Crippen molar-refractivity contribution in [1.82, 2.24) is 4.57 Å². The van der Waals surface area contributed by atoms with Gasteiger partial charge in [-0.2, -0.15) is 18.2 Å². The van der Waals surface area contributed by atoms with Crippen LogP contribution in [0.3, 0.4) is 0 Å². The molecule has 31 heavy (non-hydrogen) atoms. The molecule has 2 aromatic carbocycles. The third kappa shape index (κ3) is 4.71. The molecule has 0 aliphatic carbocycles. The van der Waals surface area contributed by atoms with Crippen LogP contribution in [0.5, 0.6) is 11.5 Å². The second-order valence-corrected chi connectivity index (χ2v) is 7.23. The van der Waals surface area contributed by atoms with Crippen molar-refractivity contribution in [1.29, 1.82) is 0 Å². The summed E-state index contributed by atoms with van der Waals surface area (Å²) in [4.78, 5) is 28.6. The van der Waals surface area contributed by atoms with Gasteiger partial charge in [-0.15, -0.1) is 0 Å². The zero-order valence-corrected chi connectivity index (χ0v) is 17.5. The van der Waals surface area contributed by atoms with Gasteiger partial charge in [0.1, 0.15) is 6.54 Å². The van der Waals surface area contributed by atoms with Crippen molar-refractivity contribution < 1.29 is 37.0 Å². The number of esters is 1. The van der Waals surface area contributed by atoms with E-state index in [1.807, 2.05) is 0 Å². The Kier molecular flexibility index (Phi) is 6.34. The second kappa shape index (κ2) is 8.80. The first-order valence-corrected chi connectivity index (χ1v) is 9.58. The highest BCUT2D eigenvalue weighted by molar-refractivity contribution is 7.16. The van der Waals surface area contributed by atoms with Gasteiger partial charge in [-0.25, -0.2) is 0 Å². The summed E-state index contributed by atoms with van der Waals surface area (Å²) in [5.41, 5.74) is -0.669. The monoisotopic (exact) mass is 454 g/mol. The molecule has 0 bridgehead atoms. The van der Waals surface area contributed by atoms with Crippen molar-refractivity contribution in [2.24, 2.45) is 4.99 Å². The molecule has 0 saturated heterocycles. The van der Waals surface area contributed by atoms with Gasteiger partial charge in [-0.1, -0.05) is 17.4 Å². The van der Waals surface area contributed by atoms with Crippen LogP contribution in [0.4, 0.5) is 13.2 Å². The van der Waals surface area contributed by atoms with Crippen molar-refractivity contribution >= 4 is 33.4 Å². The standard InChI is InChI=1S/C20H17F3N2O5S/c1-28-14-8-13-16(9-15(14)29-2)31-19(25(13)10-17(26)30-3)24-18(27)11-5-4-6-12(7-11)20(21,22)23/h4-9H,10H2,1-3H3. The molecule has 0 aliphatic heterocycles. The molecule has 1 amide bonds. The molecule has 0 N–H and O–H groups in total. The quantitative estimate of drug-likeness (QED) is 0.550. The predicted octanol–water partition coefficient (Wildman–Crippen LogP) is 3.65. The van der Waals surface area contributed by atoms with Crippen molar-refractivity contribution in [2.75, 3.05) is 21.3 Å². The SMILES string of the molecule is COC(=O)Cn1c(=NC(=O)c2cccc(C(F)(F)F)c2)sc2cc(OC)c(OC)cc21. The number of methoxy groups -OCH3 is 3. The number of halogens is 3. The van der Waals surface area contributed by atoms with Gasteiger partial charge in [-0.3, -0.25) is 9.59 Å². The molecule has 7 nitrogen and oxygen atoms in total. The number of carbonyl (C=O) groups excluding carboxylic acids is 2. The number of alkyl halides is 3. The van der Waals surface area contributed by atoms with Crippen LogP contribution in [0.2, 0.25) is 0 Å². The van der Waals surface area contributed by atoms with E-state index in [1.54, 1.807) is 12.1 Å². The third-order valence-corrected chi connectivity index (χ3v) is 5.38. The average molecular weight is 454 g/mol. The number of hydrogen-bond donors (Lipinski definition) is 0. The molecule has 1 aromatic heterocycles. The fraction of sp³-hybridized carbons (Fsp3) is 0.250. The summed E-state index contributed by atoms with van der Waals surface area (Å²) >= 11 is 1.07. The Hall–Kier alpha value is -3.34. The Balaban J connectivity index is 2.18. The molecule has 1 heterocycles. The number of thiazole rings is 1. The molecule has 0 unspecified atom stereocenters. The number of hydrogen-bond acceptors (Lipinski definition) is 6. The zero-order chi connectivity index (χ0) is 22.8. The molecule has 0 fully saturated rings. The number of carbonyl (C=O) groups is 2. The van der Waals surface area contributed by atoms with Gasteiger partial charge < -0.3 is 18.8 Å². The fourth-order valence-corrected chi connectivity index (χ4v) is 3.85. The normalized spacial score (nSPS) is 12.1. The molecule has 0 spiro atoms. The number of fused-ring (bicyclic) bond motifs is 1. The summed E-state index contributed by atoms with van der Waals surface area (Å²) in [7, 11) is 4.12. The minimum atomic E-state index is -4.59. The van der Waals surface area contributed by atoms with E-state index in [0.29, 0.717) is 21.7 Å². The topological polar surface area (TPSA) is 79.1 Å². The van der Waals surface area contributed by atoms with Crippen LogP contribution < -0.4 is 14.3 Å². The Morgan fingerprint density at radius 2 is 1.74 bits per heavy atom. The second-order valence-electron chi connectivity index (χ2n) is 6.22. The van der Waals surface area contributed by atoms with Crippen LogP contribution in [0.1, 0.15) is 15.9 Å². The molecular formula is C20H17F3N2O5S. The van der Waals surface area contributed by atoms with Crippen LogP contribution in [0.25, 0.3) is 10.2 Å². The Morgan fingerprint density at radius 3 is 2.35 bits per heavy atom. The minimum Gasteiger partial charge on any atom is -0.493 e. The Bertz CT molecular complexity index is 1210. The van der Waals surface area contributed by atoms with Crippen molar-refractivity contribution in [3.05, 3.63) is 52.3 Å². The number of aromatic nitrogens is 1. The van der Waals surface area contributed by atoms with Crippen LogP contribution >= 0.6 is 11.3 Å². The molecule has 3 aromatic rings. The maximum absolute atomic E-state index is 13.0. The number of nitrogens with zero attached hydrogens (tertiary/aromatic N) is 2. The lowest BCUT2D eigenvalue weighted by Crippen LogP contribution is -2.22. The molecule has 0 saturated carbocycles. The Labute approximate surface area is 178 Å². The molecule has 0 radical (unpaired) electrons. The number of rotatable bonds is 5. The summed E-state index contributed by atoms with van der Waals surface area (Å²) in [5.74, 6) is -0.656. The van der Waals surface area contributed by atoms with E-state index in [0.717, 1.165) is 29.5 Å². The average Bonchev–Trinajstić information content (AvgIpc) is 3.07. The predicted molar refractivity (Wildman–Crippen MR) is 106 cm³/mol. The number of amides is 1. The first-order valence-electron chi connectivity index (χ1n) is 8.76. The third-order valence-electron chi connectivity index (χ3n) is 4.34. The highest BCUT2D eigenvalue weighted by atomic mass is 32.1. The maximum atomic E-state index is 13.0. The highest BCUT2D eigenvalue weighted by Crippen LogP contribution is 2.33. The van der Waals surface area contributed by atoms with Gasteiger partial charge in [0.15, 0.2) is 16.3 Å². The molecule has 0 atom stereocenters. The molecular weight excluding hydrogens is 437 g/mol. The molecule has 11 heteroatoms. The first-order chi connectivity index (χ1) is 14.7. The lowest BCUT2D eigenvalue weighted by Gasteiger charge is -2.09. The van der Waals surface area contributed by atoms with Crippen molar-refractivity contribution in [3.8, 4) is 11.5 Å².